The molecule has 104 valence electrons. The molecule has 0 radical (unpaired) electrons. The Bertz CT molecular complexity index is 317. The molecule has 18 heavy (non-hydrogen) atoms. The van der Waals surface area contributed by atoms with Crippen LogP contribution < -0.4 is 0 Å². The fourth-order valence-corrected chi connectivity index (χ4v) is 2.23. The number of epoxide rings is 1. The van der Waals surface area contributed by atoms with Crippen LogP contribution in [0.2, 0.25) is 0 Å². The Morgan fingerprint density at radius 3 is 2.44 bits per heavy atom. The lowest BCUT2D eigenvalue weighted by molar-refractivity contribution is 0.300. The molecule has 1 fully saturated rings. The number of hydrogen-bond donors (Lipinski definition) is 1. The lowest BCUT2D eigenvalue weighted by atomic mass is 9.99. The molecule has 2 atom stereocenters. The highest BCUT2D eigenvalue weighted by molar-refractivity contribution is 5.06. The Kier molecular flexibility index (Phi) is 6.10. The van der Waals surface area contributed by atoms with Gasteiger partial charge in [-0.05, 0) is 52.9 Å². The molecule has 0 aromatic carbocycles. The first kappa shape index (κ1) is 15.5. The SMILES string of the molecule is CCC1(C)OC1CCC(C)=CCCC(C)=CCO. The first-order valence-corrected chi connectivity index (χ1v) is 7.11. The smallest absolute Gasteiger partial charge is 0.0918 e. The van der Waals surface area contributed by atoms with Crippen LogP contribution >= 0.6 is 0 Å². The van der Waals surface area contributed by atoms with Crippen LogP contribution in [-0.4, -0.2) is 23.4 Å². The van der Waals surface area contributed by atoms with Crippen molar-refractivity contribution < 1.29 is 9.84 Å². The average molecular weight is 252 g/mol. The number of aliphatic hydroxyl groups excluding tert-OH is 1. The quantitative estimate of drug-likeness (QED) is 0.523. The van der Waals surface area contributed by atoms with Crippen LogP contribution in [0.4, 0.5) is 0 Å². The third kappa shape index (κ3) is 4.95. The molecule has 0 saturated carbocycles. The lowest BCUT2D eigenvalue weighted by Crippen LogP contribution is -2.07. The molecule has 1 heterocycles. The molecule has 0 aliphatic carbocycles. The van der Waals surface area contributed by atoms with E-state index in [0.29, 0.717) is 6.10 Å². The van der Waals surface area contributed by atoms with Crippen LogP contribution in [0.5, 0.6) is 0 Å². The lowest BCUT2D eigenvalue weighted by Gasteiger charge is -2.03. The summed E-state index contributed by atoms with van der Waals surface area (Å²) >= 11 is 0. The van der Waals surface area contributed by atoms with Crippen molar-refractivity contribution in [1.82, 2.24) is 0 Å². The molecule has 1 aliphatic heterocycles. The Hall–Kier alpha value is -0.600. The van der Waals surface area contributed by atoms with E-state index in [-0.39, 0.29) is 12.2 Å². The van der Waals surface area contributed by atoms with Gasteiger partial charge in [-0.1, -0.05) is 30.2 Å². The zero-order valence-electron chi connectivity index (χ0n) is 12.3. The van der Waals surface area contributed by atoms with Crippen molar-refractivity contribution in [2.75, 3.05) is 6.61 Å². The summed E-state index contributed by atoms with van der Waals surface area (Å²) in [5.41, 5.74) is 2.90. The van der Waals surface area contributed by atoms with Crippen LogP contribution in [0.25, 0.3) is 0 Å². The van der Waals surface area contributed by atoms with Crippen molar-refractivity contribution in [2.24, 2.45) is 0 Å². The fourth-order valence-electron chi connectivity index (χ4n) is 2.23. The molecule has 2 heteroatoms. The van der Waals surface area contributed by atoms with Crippen LogP contribution in [-0.2, 0) is 4.74 Å². The van der Waals surface area contributed by atoms with Gasteiger partial charge >= 0.3 is 0 Å². The Morgan fingerprint density at radius 2 is 1.89 bits per heavy atom. The minimum Gasteiger partial charge on any atom is -0.392 e. The normalized spacial score (nSPS) is 28.6. The van der Waals surface area contributed by atoms with E-state index < -0.39 is 0 Å². The second-order valence-electron chi connectivity index (χ2n) is 5.63. The van der Waals surface area contributed by atoms with Gasteiger partial charge in [-0.25, -0.2) is 0 Å². The molecular formula is C16H28O2. The van der Waals surface area contributed by atoms with E-state index in [1.165, 1.54) is 11.1 Å². The summed E-state index contributed by atoms with van der Waals surface area (Å²) in [6.07, 6.45) is 10.2. The maximum Gasteiger partial charge on any atom is 0.0918 e. The number of aliphatic hydroxyl groups is 1. The highest BCUT2D eigenvalue weighted by Crippen LogP contribution is 2.42. The van der Waals surface area contributed by atoms with Gasteiger partial charge in [0.25, 0.3) is 0 Å². The van der Waals surface area contributed by atoms with E-state index in [1.807, 2.05) is 6.08 Å². The molecule has 0 aromatic heterocycles. The molecule has 2 nitrogen and oxygen atoms in total. The molecule has 0 bridgehead atoms. The van der Waals surface area contributed by atoms with E-state index in [1.54, 1.807) is 0 Å². The summed E-state index contributed by atoms with van der Waals surface area (Å²) in [5, 5.41) is 8.76. The van der Waals surface area contributed by atoms with Gasteiger partial charge in [0.2, 0.25) is 0 Å². The summed E-state index contributed by atoms with van der Waals surface area (Å²) in [6, 6.07) is 0. The first-order chi connectivity index (χ1) is 8.51. The van der Waals surface area contributed by atoms with Crippen LogP contribution in [0, 0.1) is 0 Å². The number of hydrogen-bond acceptors (Lipinski definition) is 2. The van der Waals surface area contributed by atoms with E-state index in [0.717, 1.165) is 32.1 Å². The van der Waals surface area contributed by atoms with Crippen molar-refractivity contribution in [3.05, 3.63) is 23.3 Å². The van der Waals surface area contributed by atoms with Gasteiger partial charge in [-0.15, -0.1) is 0 Å². The van der Waals surface area contributed by atoms with Crippen molar-refractivity contribution >= 4 is 0 Å². The predicted molar refractivity (Wildman–Crippen MR) is 76.6 cm³/mol. The third-order valence-corrected chi connectivity index (χ3v) is 4.01. The summed E-state index contributed by atoms with van der Waals surface area (Å²) in [6.45, 7) is 8.84. The van der Waals surface area contributed by atoms with Crippen LogP contribution in [0.1, 0.15) is 59.8 Å². The second kappa shape index (κ2) is 7.10. The minimum atomic E-state index is 0.156. The maximum absolute atomic E-state index is 8.76. The molecular weight excluding hydrogens is 224 g/mol. The van der Waals surface area contributed by atoms with Crippen molar-refractivity contribution in [1.29, 1.82) is 0 Å². The molecule has 0 spiro atoms. The largest absolute Gasteiger partial charge is 0.392 e. The summed E-state index contributed by atoms with van der Waals surface area (Å²) in [5.74, 6) is 0. The van der Waals surface area contributed by atoms with Gasteiger partial charge < -0.3 is 9.84 Å². The third-order valence-electron chi connectivity index (χ3n) is 4.01. The Balaban J connectivity index is 2.17. The molecule has 1 N–H and O–H groups in total. The van der Waals surface area contributed by atoms with Gasteiger partial charge in [0.15, 0.2) is 0 Å². The average Bonchev–Trinajstić information content (AvgIpc) is 2.99. The van der Waals surface area contributed by atoms with Crippen LogP contribution in [0.15, 0.2) is 23.3 Å². The molecule has 1 aliphatic rings. The monoisotopic (exact) mass is 252 g/mol. The van der Waals surface area contributed by atoms with E-state index in [2.05, 4.69) is 33.8 Å². The van der Waals surface area contributed by atoms with E-state index in [4.69, 9.17) is 9.84 Å². The zero-order valence-corrected chi connectivity index (χ0v) is 12.3. The van der Waals surface area contributed by atoms with E-state index >= 15 is 0 Å². The van der Waals surface area contributed by atoms with Crippen molar-refractivity contribution in [3.63, 3.8) is 0 Å². The molecule has 2 unspecified atom stereocenters. The maximum atomic E-state index is 8.76. The highest BCUT2D eigenvalue weighted by atomic mass is 16.6. The molecule has 0 aromatic rings. The topological polar surface area (TPSA) is 32.8 Å². The first-order valence-electron chi connectivity index (χ1n) is 7.11. The van der Waals surface area contributed by atoms with Gasteiger partial charge in [-0.2, -0.15) is 0 Å². The van der Waals surface area contributed by atoms with Gasteiger partial charge in [0, 0.05) is 0 Å². The second-order valence-corrected chi connectivity index (χ2v) is 5.63. The predicted octanol–water partition coefficient (Wildman–Crippen LogP) is 4.00. The summed E-state index contributed by atoms with van der Waals surface area (Å²) in [7, 11) is 0. The standard InChI is InChI=1S/C16H28O2/c1-5-16(4)15(18-16)10-9-13(2)7-6-8-14(3)11-12-17/h7,11,15,17H,5-6,8-10,12H2,1-4H3. The number of rotatable bonds is 8. The van der Waals surface area contributed by atoms with Gasteiger partial charge in [0.1, 0.15) is 0 Å². The highest BCUT2D eigenvalue weighted by Gasteiger charge is 2.49. The Morgan fingerprint density at radius 1 is 1.22 bits per heavy atom. The molecule has 1 rings (SSSR count). The fraction of sp³-hybridized carbons (Fsp3) is 0.750. The van der Waals surface area contributed by atoms with Gasteiger partial charge in [-0.3, -0.25) is 0 Å². The summed E-state index contributed by atoms with van der Waals surface area (Å²) < 4.78 is 5.71. The van der Waals surface area contributed by atoms with Gasteiger partial charge in [0.05, 0.1) is 18.3 Å². The number of allylic oxidation sites excluding steroid dienone is 3. The minimum absolute atomic E-state index is 0.156. The van der Waals surface area contributed by atoms with Crippen molar-refractivity contribution in [2.45, 2.75) is 71.5 Å². The summed E-state index contributed by atoms with van der Waals surface area (Å²) in [4.78, 5) is 0. The Labute approximate surface area is 112 Å². The van der Waals surface area contributed by atoms with E-state index in [9.17, 15) is 0 Å². The zero-order chi connectivity index (χ0) is 13.6. The van der Waals surface area contributed by atoms with Crippen molar-refractivity contribution in [3.8, 4) is 0 Å². The number of ether oxygens (including phenoxy) is 1. The molecule has 1 saturated heterocycles. The molecule has 0 amide bonds. The van der Waals surface area contributed by atoms with Crippen LogP contribution in [0.3, 0.4) is 0 Å².